The first kappa shape index (κ1) is 13.0. The van der Waals surface area contributed by atoms with E-state index < -0.39 is 5.97 Å². The molecule has 4 nitrogen and oxygen atoms in total. The van der Waals surface area contributed by atoms with Gasteiger partial charge in [-0.2, -0.15) is 0 Å². The van der Waals surface area contributed by atoms with Gasteiger partial charge in [0, 0.05) is 24.0 Å². The van der Waals surface area contributed by atoms with Crippen LogP contribution >= 0.6 is 0 Å². The smallest absolute Gasteiger partial charge is 0.328 e. The summed E-state index contributed by atoms with van der Waals surface area (Å²) < 4.78 is 15.7. The molecule has 0 bridgehead atoms. The van der Waals surface area contributed by atoms with Crippen LogP contribution in [0.15, 0.2) is 36.7 Å². The van der Waals surface area contributed by atoms with E-state index in [2.05, 4.69) is 4.98 Å². The minimum absolute atomic E-state index is 0.361. The molecule has 0 saturated carbocycles. The molecule has 0 radical (unpaired) electrons. The number of imidazole rings is 1. The normalized spacial score (nSPS) is 11.1. The predicted octanol–water partition coefficient (Wildman–Crippen LogP) is 2.48. The molecule has 0 aliphatic rings. The van der Waals surface area contributed by atoms with Crippen molar-refractivity contribution in [3.63, 3.8) is 0 Å². The summed E-state index contributed by atoms with van der Waals surface area (Å²) in [5, 5.41) is 8.51. The third kappa shape index (κ3) is 3.28. The van der Waals surface area contributed by atoms with Crippen molar-refractivity contribution in [2.75, 3.05) is 0 Å². The molecule has 0 amide bonds. The summed E-state index contributed by atoms with van der Waals surface area (Å²) in [4.78, 5) is 14.5. The molecule has 0 fully saturated rings. The quantitative estimate of drug-likeness (QED) is 0.859. The van der Waals surface area contributed by atoms with Crippen LogP contribution in [-0.4, -0.2) is 20.6 Å². The Balaban J connectivity index is 2.20. The Hall–Kier alpha value is -2.43. The lowest BCUT2D eigenvalue weighted by Crippen LogP contribution is -2.03. The number of hydrogen-bond donors (Lipinski definition) is 1. The maximum absolute atomic E-state index is 13.9. The third-order valence-corrected chi connectivity index (χ3v) is 2.76. The highest BCUT2D eigenvalue weighted by molar-refractivity contribution is 5.85. The Morgan fingerprint density at radius 3 is 2.89 bits per heavy atom. The number of carbonyl (C=O) groups is 1. The second-order valence-corrected chi connectivity index (χ2v) is 4.12. The van der Waals surface area contributed by atoms with E-state index >= 15 is 0 Å². The molecule has 0 unspecified atom stereocenters. The van der Waals surface area contributed by atoms with Crippen LogP contribution in [-0.2, 0) is 11.3 Å². The van der Waals surface area contributed by atoms with Crippen LogP contribution in [0.25, 0.3) is 6.08 Å². The molecule has 0 atom stereocenters. The predicted molar refractivity (Wildman–Crippen MR) is 69.1 cm³/mol. The number of aliphatic carboxylic acids is 1. The van der Waals surface area contributed by atoms with Gasteiger partial charge in [-0.3, -0.25) is 0 Å². The van der Waals surface area contributed by atoms with E-state index in [9.17, 15) is 9.18 Å². The van der Waals surface area contributed by atoms with Crippen molar-refractivity contribution in [1.82, 2.24) is 9.55 Å². The summed E-state index contributed by atoms with van der Waals surface area (Å²) in [5.74, 6) is -0.603. The molecule has 0 spiro atoms. The third-order valence-electron chi connectivity index (χ3n) is 2.76. The number of nitrogens with zero attached hydrogens (tertiary/aromatic N) is 2. The van der Waals surface area contributed by atoms with Crippen molar-refractivity contribution in [3.05, 3.63) is 59.4 Å². The first-order valence-corrected chi connectivity index (χ1v) is 5.73. The van der Waals surface area contributed by atoms with Gasteiger partial charge < -0.3 is 9.67 Å². The van der Waals surface area contributed by atoms with Crippen LogP contribution in [0.5, 0.6) is 0 Å². The molecule has 98 valence electrons. The van der Waals surface area contributed by atoms with E-state index in [0.29, 0.717) is 17.7 Å². The van der Waals surface area contributed by atoms with Crippen LogP contribution in [0.2, 0.25) is 0 Å². The Morgan fingerprint density at radius 2 is 2.32 bits per heavy atom. The van der Waals surface area contributed by atoms with E-state index in [4.69, 9.17) is 5.11 Å². The number of halogens is 1. The van der Waals surface area contributed by atoms with Crippen molar-refractivity contribution in [2.45, 2.75) is 13.5 Å². The average Bonchev–Trinajstić information content (AvgIpc) is 2.75. The zero-order valence-corrected chi connectivity index (χ0v) is 10.4. The average molecular weight is 260 g/mol. The summed E-state index contributed by atoms with van der Waals surface area (Å²) in [5.41, 5.74) is 1.06. The molecule has 2 aromatic rings. The monoisotopic (exact) mass is 260 g/mol. The van der Waals surface area contributed by atoms with E-state index in [-0.39, 0.29) is 5.82 Å². The molecule has 1 aromatic heterocycles. The summed E-state index contributed by atoms with van der Waals surface area (Å²) in [6, 6.07) is 4.65. The van der Waals surface area contributed by atoms with Crippen molar-refractivity contribution in [3.8, 4) is 0 Å². The Labute approximate surface area is 109 Å². The summed E-state index contributed by atoms with van der Waals surface area (Å²) in [7, 11) is 0. The van der Waals surface area contributed by atoms with Crippen LogP contribution in [0.3, 0.4) is 0 Å². The van der Waals surface area contributed by atoms with Gasteiger partial charge in [0.1, 0.15) is 11.6 Å². The van der Waals surface area contributed by atoms with Gasteiger partial charge >= 0.3 is 5.97 Å². The lowest BCUT2D eigenvalue weighted by Gasteiger charge is -2.07. The lowest BCUT2D eigenvalue weighted by molar-refractivity contribution is -0.131. The Morgan fingerprint density at radius 1 is 1.53 bits per heavy atom. The van der Waals surface area contributed by atoms with E-state index in [1.807, 2.05) is 11.5 Å². The summed E-state index contributed by atoms with van der Waals surface area (Å²) in [6.45, 7) is 2.25. The van der Waals surface area contributed by atoms with Crippen molar-refractivity contribution >= 4 is 12.0 Å². The van der Waals surface area contributed by atoms with Gasteiger partial charge in [0.15, 0.2) is 0 Å². The van der Waals surface area contributed by atoms with Crippen LogP contribution < -0.4 is 0 Å². The fraction of sp³-hybridized carbons (Fsp3) is 0.143. The number of rotatable bonds is 4. The zero-order chi connectivity index (χ0) is 13.8. The largest absolute Gasteiger partial charge is 0.478 e. The Kier molecular flexibility index (Phi) is 3.75. The molecule has 0 aliphatic carbocycles. The minimum Gasteiger partial charge on any atom is -0.478 e. The molecular weight excluding hydrogens is 247 g/mol. The number of benzene rings is 1. The number of hydrogen-bond acceptors (Lipinski definition) is 2. The van der Waals surface area contributed by atoms with E-state index in [0.717, 1.165) is 11.9 Å². The fourth-order valence-corrected chi connectivity index (χ4v) is 1.72. The van der Waals surface area contributed by atoms with Crippen molar-refractivity contribution in [1.29, 1.82) is 0 Å². The molecule has 1 N–H and O–H groups in total. The van der Waals surface area contributed by atoms with Gasteiger partial charge in [-0.1, -0.05) is 12.1 Å². The summed E-state index contributed by atoms with van der Waals surface area (Å²) in [6.07, 6.45) is 5.79. The standard InChI is InChI=1S/C14H13FN2O2/c1-10-16-6-7-17(10)9-12-4-2-11(8-13(12)15)3-5-14(18)19/h2-8H,9H2,1H3,(H,18,19)/b5-3+. The number of aryl methyl sites for hydroxylation is 1. The van der Waals surface area contributed by atoms with Gasteiger partial charge in [-0.25, -0.2) is 14.2 Å². The lowest BCUT2D eigenvalue weighted by atomic mass is 10.1. The Bertz CT molecular complexity index is 632. The number of carboxylic acid groups (broad SMARTS) is 1. The van der Waals surface area contributed by atoms with Crippen molar-refractivity contribution in [2.24, 2.45) is 0 Å². The molecule has 2 rings (SSSR count). The second-order valence-electron chi connectivity index (χ2n) is 4.12. The van der Waals surface area contributed by atoms with Crippen LogP contribution in [0, 0.1) is 12.7 Å². The first-order chi connectivity index (χ1) is 9.06. The first-order valence-electron chi connectivity index (χ1n) is 5.73. The highest BCUT2D eigenvalue weighted by Gasteiger charge is 2.05. The van der Waals surface area contributed by atoms with Crippen molar-refractivity contribution < 1.29 is 14.3 Å². The molecule has 0 aliphatic heterocycles. The highest BCUT2D eigenvalue weighted by Crippen LogP contribution is 2.14. The molecule has 0 saturated heterocycles. The van der Waals surface area contributed by atoms with Gasteiger partial charge in [0.25, 0.3) is 0 Å². The molecule has 1 aromatic carbocycles. The summed E-state index contributed by atoms with van der Waals surface area (Å²) >= 11 is 0. The maximum atomic E-state index is 13.9. The van der Waals surface area contributed by atoms with Gasteiger partial charge in [-0.15, -0.1) is 0 Å². The maximum Gasteiger partial charge on any atom is 0.328 e. The number of carboxylic acids is 1. The van der Waals surface area contributed by atoms with Gasteiger partial charge in [-0.05, 0) is 24.6 Å². The fourth-order valence-electron chi connectivity index (χ4n) is 1.72. The van der Waals surface area contributed by atoms with Crippen LogP contribution in [0.4, 0.5) is 4.39 Å². The topological polar surface area (TPSA) is 55.1 Å². The molecule has 1 heterocycles. The van der Waals surface area contributed by atoms with E-state index in [1.165, 1.54) is 12.1 Å². The SMILES string of the molecule is Cc1nccn1Cc1ccc(/C=C/C(=O)O)cc1F. The molecular formula is C14H13FN2O2. The minimum atomic E-state index is -1.06. The van der Waals surface area contributed by atoms with Gasteiger partial charge in [0.05, 0.1) is 6.54 Å². The number of aromatic nitrogens is 2. The van der Waals surface area contributed by atoms with E-state index in [1.54, 1.807) is 24.5 Å². The highest BCUT2D eigenvalue weighted by atomic mass is 19.1. The van der Waals surface area contributed by atoms with Crippen LogP contribution in [0.1, 0.15) is 17.0 Å². The zero-order valence-electron chi connectivity index (χ0n) is 10.4. The molecule has 19 heavy (non-hydrogen) atoms. The second kappa shape index (κ2) is 5.48. The van der Waals surface area contributed by atoms with Gasteiger partial charge in [0.2, 0.25) is 0 Å². The molecule has 5 heteroatoms.